The van der Waals surface area contributed by atoms with Crippen LogP contribution in [-0.2, 0) is 0 Å². The summed E-state index contributed by atoms with van der Waals surface area (Å²) in [6, 6.07) is 4.65. The molecular formula is C8H3BrCl2O2. The van der Waals surface area contributed by atoms with Crippen molar-refractivity contribution in [3.63, 3.8) is 0 Å². The Labute approximate surface area is 93.0 Å². The van der Waals surface area contributed by atoms with Crippen LogP contribution in [0.1, 0.15) is 20.7 Å². The van der Waals surface area contributed by atoms with Crippen molar-refractivity contribution in [1.82, 2.24) is 0 Å². The van der Waals surface area contributed by atoms with Crippen molar-refractivity contribution in [2.24, 2.45) is 0 Å². The lowest BCUT2D eigenvalue weighted by molar-refractivity contribution is 0.105. The smallest absolute Gasteiger partial charge is 0.254 e. The summed E-state index contributed by atoms with van der Waals surface area (Å²) in [5.41, 5.74) is 0.209. The Balaban J connectivity index is 3.43. The average Bonchev–Trinajstić information content (AvgIpc) is 2.02. The number of hydrogen-bond donors (Lipinski definition) is 0. The summed E-state index contributed by atoms with van der Waals surface area (Å²) in [5.74, 6) is 0. The molecule has 68 valence electrons. The summed E-state index contributed by atoms with van der Waals surface area (Å²) < 4.78 is 0.457. The second kappa shape index (κ2) is 4.22. The van der Waals surface area contributed by atoms with Crippen LogP contribution in [0.25, 0.3) is 0 Å². The third-order valence-corrected chi connectivity index (χ3v) is 2.48. The van der Waals surface area contributed by atoms with E-state index < -0.39 is 10.5 Å². The van der Waals surface area contributed by atoms with Crippen molar-refractivity contribution in [2.75, 3.05) is 0 Å². The van der Waals surface area contributed by atoms with Gasteiger partial charge in [-0.3, -0.25) is 9.59 Å². The quantitative estimate of drug-likeness (QED) is 0.780. The van der Waals surface area contributed by atoms with Crippen LogP contribution in [0.15, 0.2) is 22.7 Å². The molecule has 0 aliphatic carbocycles. The second-order valence-corrected chi connectivity index (χ2v) is 3.75. The average molecular weight is 282 g/mol. The topological polar surface area (TPSA) is 34.1 Å². The van der Waals surface area contributed by atoms with Gasteiger partial charge in [0, 0.05) is 10.0 Å². The van der Waals surface area contributed by atoms with Gasteiger partial charge < -0.3 is 0 Å². The van der Waals surface area contributed by atoms with Crippen LogP contribution >= 0.6 is 39.1 Å². The summed E-state index contributed by atoms with van der Waals surface area (Å²) >= 11 is 13.6. The third-order valence-electron chi connectivity index (χ3n) is 1.42. The highest BCUT2D eigenvalue weighted by molar-refractivity contribution is 9.10. The van der Waals surface area contributed by atoms with Gasteiger partial charge in [0.05, 0.1) is 5.56 Å². The van der Waals surface area contributed by atoms with E-state index in [1.165, 1.54) is 6.07 Å². The van der Waals surface area contributed by atoms with E-state index in [1.807, 2.05) is 0 Å². The highest BCUT2D eigenvalue weighted by Crippen LogP contribution is 2.23. The molecule has 5 heteroatoms. The SMILES string of the molecule is O=C(Cl)c1cccc(Br)c1C(=O)Cl. The predicted molar refractivity (Wildman–Crippen MR) is 54.5 cm³/mol. The molecule has 0 saturated carbocycles. The first kappa shape index (κ1) is 10.7. The van der Waals surface area contributed by atoms with E-state index in [2.05, 4.69) is 15.9 Å². The van der Waals surface area contributed by atoms with E-state index in [0.29, 0.717) is 4.47 Å². The molecule has 0 N–H and O–H groups in total. The molecule has 0 amide bonds. The fourth-order valence-electron chi connectivity index (χ4n) is 0.888. The molecule has 0 atom stereocenters. The van der Waals surface area contributed by atoms with Crippen LogP contribution in [0.2, 0.25) is 0 Å². The molecule has 1 aromatic carbocycles. The van der Waals surface area contributed by atoms with Crippen LogP contribution in [0, 0.1) is 0 Å². The molecule has 0 fully saturated rings. The van der Waals surface area contributed by atoms with Gasteiger partial charge in [-0.15, -0.1) is 0 Å². The highest BCUT2D eigenvalue weighted by Gasteiger charge is 2.16. The second-order valence-electron chi connectivity index (χ2n) is 2.21. The molecule has 1 rings (SSSR count). The molecule has 2 nitrogen and oxygen atoms in total. The zero-order valence-electron chi connectivity index (χ0n) is 6.18. The minimum Gasteiger partial charge on any atom is -0.276 e. The molecule has 0 spiro atoms. The van der Waals surface area contributed by atoms with Gasteiger partial charge in [-0.25, -0.2) is 0 Å². The van der Waals surface area contributed by atoms with Crippen molar-refractivity contribution in [2.45, 2.75) is 0 Å². The highest BCUT2D eigenvalue weighted by atomic mass is 79.9. The van der Waals surface area contributed by atoms with Gasteiger partial charge >= 0.3 is 0 Å². The van der Waals surface area contributed by atoms with E-state index in [0.717, 1.165) is 0 Å². The van der Waals surface area contributed by atoms with Crippen LogP contribution in [-0.4, -0.2) is 10.5 Å². The number of carbonyl (C=O) groups is 2. The Morgan fingerprint density at radius 3 is 2.15 bits per heavy atom. The summed E-state index contributed by atoms with van der Waals surface area (Å²) in [4.78, 5) is 21.8. The Hall–Kier alpha value is -0.380. The van der Waals surface area contributed by atoms with Gasteiger partial charge in [-0.05, 0) is 51.3 Å². The molecule has 0 aromatic heterocycles. The van der Waals surface area contributed by atoms with Crippen LogP contribution in [0.5, 0.6) is 0 Å². The Morgan fingerprint density at radius 2 is 1.77 bits per heavy atom. The van der Waals surface area contributed by atoms with E-state index in [1.54, 1.807) is 12.1 Å². The summed E-state index contributed by atoms with van der Waals surface area (Å²) in [6.45, 7) is 0. The number of carbonyl (C=O) groups excluding carboxylic acids is 2. The lowest BCUT2D eigenvalue weighted by Crippen LogP contribution is -2.01. The lowest BCUT2D eigenvalue weighted by Gasteiger charge is -2.02. The first-order chi connectivity index (χ1) is 6.04. The van der Waals surface area contributed by atoms with Gasteiger partial charge in [0.15, 0.2) is 0 Å². The van der Waals surface area contributed by atoms with Crippen molar-refractivity contribution in [1.29, 1.82) is 0 Å². The zero-order valence-corrected chi connectivity index (χ0v) is 9.28. The summed E-state index contributed by atoms with van der Waals surface area (Å²) in [6.07, 6.45) is 0. The Bertz CT molecular complexity index is 376. The Kier molecular flexibility index (Phi) is 3.47. The summed E-state index contributed by atoms with van der Waals surface area (Å²) in [7, 11) is 0. The number of hydrogen-bond acceptors (Lipinski definition) is 2. The normalized spacial score (nSPS) is 9.77. The molecule has 0 unspecified atom stereocenters. The number of benzene rings is 1. The number of rotatable bonds is 2. The van der Waals surface area contributed by atoms with Gasteiger partial charge in [0.25, 0.3) is 10.5 Å². The van der Waals surface area contributed by atoms with Gasteiger partial charge in [-0.2, -0.15) is 0 Å². The van der Waals surface area contributed by atoms with E-state index in [4.69, 9.17) is 23.2 Å². The molecule has 0 bridgehead atoms. The predicted octanol–water partition coefficient (Wildman–Crippen LogP) is 3.21. The maximum Gasteiger partial charge on any atom is 0.254 e. The van der Waals surface area contributed by atoms with Crippen molar-refractivity contribution in [3.8, 4) is 0 Å². The first-order valence-corrected chi connectivity index (χ1v) is 4.77. The number of halogens is 3. The van der Waals surface area contributed by atoms with Gasteiger partial charge in [0.1, 0.15) is 0 Å². The molecule has 0 radical (unpaired) electrons. The zero-order chi connectivity index (χ0) is 10.0. The minimum atomic E-state index is -0.712. The fraction of sp³-hybridized carbons (Fsp3) is 0. The van der Waals surface area contributed by atoms with E-state index in [9.17, 15) is 9.59 Å². The monoisotopic (exact) mass is 280 g/mol. The van der Waals surface area contributed by atoms with Crippen molar-refractivity contribution < 1.29 is 9.59 Å². The molecular weight excluding hydrogens is 279 g/mol. The molecule has 0 heterocycles. The van der Waals surface area contributed by atoms with E-state index >= 15 is 0 Å². The minimum absolute atomic E-state index is 0.101. The van der Waals surface area contributed by atoms with Crippen molar-refractivity contribution in [3.05, 3.63) is 33.8 Å². The molecule has 13 heavy (non-hydrogen) atoms. The largest absolute Gasteiger partial charge is 0.276 e. The third kappa shape index (κ3) is 2.30. The van der Waals surface area contributed by atoms with Gasteiger partial charge in [0.2, 0.25) is 0 Å². The van der Waals surface area contributed by atoms with Crippen molar-refractivity contribution >= 4 is 49.6 Å². The molecule has 0 aliphatic rings. The maximum atomic E-state index is 10.9. The Morgan fingerprint density at radius 1 is 1.15 bits per heavy atom. The van der Waals surface area contributed by atoms with Crippen LogP contribution in [0.4, 0.5) is 0 Å². The lowest BCUT2D eigenvalue weighted by atomic mass is 10.1. The summed E-state index contributed by atoms with van der Waals surface area (Å²) in [5, 5.41) is -1.42. The molecule has 1 aromatic rings. The molecule has 0 saturated heterocycles. The standard InChI is InChI=1S/C8H3BrCl2O2/c9-5-3-1-2-4(7(10)12)6(5)8(11)13/h1-3H. The van der Waals surface area contributed by atoms with Crippen LogP contribution < -0.4 is 0 Å². The van der Waals surface area contributed by atoms with Gasteiger partial charge in [-0.1, -0.05) is 6.07 Å². The van der Waals surface area contributed by atoms with E-state index in [-0.39, 0.29) is 11.1 Å². The van der Waals surface area contributed by atoms with Crippen LogP contribution in [0.3, 0.4) is 0 Å². The first-order valence-electron chi connectivity index (χ1n) is 3.22. The molecule has 0 aliphatic heterocycles. The maximum absolute atomic E-state index is 10.9. The fourth-order valence-corrected chi connectivity index (χ4v) is 1.91.